The number of hydrogen-bond donors (Lipinski definition) is 8. The molecule has 0 heterocycles. The van der Waals surface area contributed by atoms with Crippen LogP contribution in [0, 0.1) is 5.92 Å². The number of carbonyl (C=O) groups is 6. The maximum absolute atomic E-state index is 13.1. The molecule has 5 unspecified atom stereocenters. The van der Waals surface area contributed by atoms with Crippen molar-refractivity contribution in [2.75, 3.05) is 0 Å². The van der Waals surface area contributed by atoms with Gasteiger partial charge in [-0.1, -0.05) is 32.4 Å². The molecule has 1 aromatic carbocycles. The molecular formula is C24H35N5O9. The van der Waals surface area contributed by atoms with Crippen molar-refractivity contribution in [3.8, 4) is 5.75 Å². The highest BCUT2D eigenvalue weighted by Crippen LogP contribution is 2.13. The predicted octanol–water partition coefficient (Wildman–Crippen LogP) is -1.41. The molecule has 0 bridgehead atoms. The van der Waals surface area contributed by atoms with Gasteiger partial charge in [0.25, 0.3) is 0 Å². The van der Waals surface area contributed by atoms with E-state index in [0.29, 0.717) is 12.0 Å². The summed E-state index contributed by atoms with van der Waals surface area (Å²) in [7, 11) is 0. The molecule has 14 nitrogen and oxygen atoms in total. The molecule has 38 heavy (non-hydrogen) atoms. The van der Waals surface area contributed by atoms with E-state index in [4.69, 9.17) is 16.6 Å². The zero-order chi connectivity index (χ0) is 29.0. The van der Waals surface area contributed by atoms with E-state index in [9.17, 15) is 39.0 Å². The first kappa shape index (κ1) is 31.8. The third-order valence-electron chi connectivity index (χ3n) is 5.82. The number of benzene rings is 1. The maximum Gasteiger partial charge on any atom is 0.326 e. The van der Waals surface area contributed by atoms with Gasteiger partial charge in [0.1, 0.15) is 23.9 Å². The van der Waals surface area contributed by atoms with Gasteiger partial charge in [-0.25, -0.2) is 4.79 Å². The molecule has 0 aliphatic heterocycles. The zero-order valence-corrected chi connectivity index (χ0v) is 21.2. The molecule has 0 spiro atoms. The van der Waals surface area contributed by atoms with Gasteiger partial charge in [0.05, 0.1) is 12.5 Å². The summed E-state index contributed by atoms with van der Waals surface area (Å²) in [5, 5.41) is 35.2. The van der Waals surface area contributed by atoms with Crippen molar-refractivity contribution in [2.45, 2.75) is 70.1 Å². The second kappa shape index (κ2) is 15.1. The lowest BCUT2D eigenvalue weighted by Gasteiger charge is -2.28. The lowest BCUT2D eigenvalue weighted by molar-refractivity contribution is -0.142. The van der Waals surface area contributed by atoms with Crippen molar-refractivity contribution in [3.05, 3.63) is 29.8 Å². The number of phenolic OH excluding ortho intramolecular Hbond substituents is 1. The number of carbonyl (C=O) groups excluding carboxylic acids is 4. The normalized spacial score (nSPS) is 14.7. The summed E-state index contributed by atoms with van der Waals surface area (Å²) in [4.78, 5) is 72.4. The summed E-state index contributed by atoms with van der Waals surface area (Å²) >= 11 is 0. The summed E-state index contributed by atoms with van der Waals surface area (Å²) in [5.74, 6) is -6.51. The van der Waals surface area contributed by atoms with Gasteiger partial charge in [-0.15, -0.1) is 0 Å². The Kier molecular flexibility index (Phi) is 12.7. The van der Waals surface area contributed by atoms with Crippen molar-refractivity contribution in [1.82, 2.24) is 16.0 Å². The Hall–Kier alpha value is -4.20. The highest BCUT2D eigenvalue weighted by Gasteiger charge is 2.33. The van der Waals surface area contributed by atoms with Crippen LogP contribution in [0.1, 0.15) is 45.1 Å². The third kappa shape index (κ3) is 10.8. The average molecular weight is 538 g/mol. The minimum absolute atomic E-state index is 0.00988. The van der Waals surface area contributed by atoms with E-state index >= 15 is 0 Å². The fraction of sp³-hybridized carbons (Fsp3) is 0.500. The smallest absolute Gasteiger partial charge is 0.326 e. The van der Waals surface area contributed by atoms with Crippen LogP contribution in [0.4, 0.5) is 0 Å². The molecule has 1 aromatic rings. The van der Waals surface area contributed by atoms with Crippen LogP contribution in [0.25, 0.3) is 0 Å². The largest absolute Gasteiger partial charge is 0.508 e. The van der Waals surface area contributed by atoms with E-state index in [1.807, 2.05) is 0 Å². The lowest BCUT2D eigenvalue weighted by atomic mass is 9.96. The number of hydrogen-bond acceptors (Lipinski definition) is 8. The molecule has 0 aliphatic rings. The summed E-state index contributed by atoms with van der Waals surface area (Å²) in [6.07, 6.45) is -1.04. The Morgan fingerprint density at radius 1 is 0.895 bits per heavy atom. The zero-order valence-electron chi connectivity index (χ0n) is 21.2. The topological polar surface area (TPSA) is 251 Å². The molecule has 0 aliphatic carbocycles. The Bertz CT molecular complexity index is 1020. The number of rotatable bonds is 16. The van der Waals surface area contributed by atoms with Gasteiger partial charge in [-0.05, 0) is 30.0 Å². The number of nitrogens with one attached hydrogen (secondary N) is 3. The van der Waals surface area contributed by atoms with E-state index < -0.39 is 78.5 Å². The number of nitrogens with two attached hydrogens (primary N) is 2. The minimum atomic E-state index is -1.41. The molecule has 1 rings (SSSR count). The Balaban J connectivity index is 3.07. The third-order valence-corrected chi connectivity index (χ3v) is 5.82. The minimum Gasteiger partial charge on any atom is -0.508 e. The van der Waals surface area contributed by atoms with Gasteiger partial charge in [0.15, 0.2) is 0 Å². The number of aromatic hydroxyl groups is 1. The van der Waals surface area contributed by atoms with Crippen molar-refractivity contribution >= 4 is 35.6 Å². The first-order valence-corrected chi connectivity index (χ1v) is 11.9. The molecule has 5 atom stereocenters. The maximum atomic E-state index is 13.1. The fourth-order valence-corrected chi connectivity index (χ4v) is 3.41. The van der Waals surface area contributed by atoms with Crippen molar-refractivity contribution in [2.24, 2.45) is 17.4 Å². The van der Waals surface area contributed by atoms with Crippen LogP contribution in [0.15, 0.2) is 24.3 Å². The monoisotopic (exact) mass is 537 g/mol. The van der Waals surface area contributed by atoms with Crippen molar-refractivity contribution in [3.63, 3.8) is 0 Å². The first-order valence-electron chi connectivity index (χ1n) is 11.9. The van der Waals surface area contributed by atoms with Gasteiger partial charge in [0, 0.05) is 12.8 Å². The Morgan fingerprint density at radius 2 is 1.47 bits per heavy atom. The van der Waals surface area contributed by atoms with Gasteiger partial charge >= 0.3 is 11.9 Å². The van der Waals surface area contributed by atoms with Crippen LogP contribution in [-0.4, -0.2) is 75.1 Å². The van der Waals surface area contributed by atoms with E-state index in [2.05, 4.69) is 16.0 Å². The summed E-state index contributed by atoms with van der Waals surface area (Å²) in [6.45, 7) is 3.39. The average Bonchev–Trinajstić information content (AvgIpc) is 2.84. The number of primary amides is 1. The van der Waals surface area contributed by atoms with Gasteiger partial charge in [-0.3, -0.25) is 24.0 Å². The van der Waals surface area contributed by atoms with E-state index in [1.54, 1.807) is 13.8 Å². The number of aliphatic carboxylic acids is 2. The van der Waals surface area contributed by atoms with E-state index in [1.165, 1.54) is 24.3 Å². The number of phenols is 1. The molecule has 0 saturated heterocycles. The van der Waals surface area contributed by atoms with Crippen LogP contribution in [0.3, 0.4) is 0 Å². The van der Waals surface area contributed by atoms with Crippen molar-refractivity contribution < 1.29 is 44.1 Å². The van der Waals surface area contributed by atoms with Crippen LogP contribution < -0.4 is 27.4 Å². The molecule has 210 valence electrons. The first-order chi connectivity index (χ1) is 17.7. The van der Waals surface area contributed by atoms with Crippen LogP contribution in [0.2, 0.25) is 0 Å². The highest BCUT2D eigenvalue weighted by molar-refractivity contribution is 5.95. The van der Waals surface area contributed by atoms with Gasteiger partial charge in [0.2, 0.25) is 23.6 Å². The quantitative estimate of drug-likeness (QED) is 0.122. The molecular weight excluding hydrogens is 502 g/mol. The second-order valence-corrected chi connectivity index (χ2v) is 8.91. The van der Waals surface area contributed by atoms with Gasteiger partial charge in [-0.2, -0.15) is 0 Å². The van der Waals surface area contributed by atoms with Crippen LogP contribution in [0.5, 0.6) is 5.75 Å². The molecule has 14 heteroatoms. The molecule has 0 radical (unpaired) electrons. The molecule has 0 saturated carbocycles. The number of carboxylic acids is 2. The summed E-state index contributed by atoms with van der Waals surface area (Å²) in [5.41, 5.74) is 11.2. The highest BCUT2D eigenvalue weighted by atomic mass is 16.4. The van der Waals surface area contributed by atoms with Gasteiger partial charge < -0.3 is 42.7 Å². The van der Waals surface area contributed by atoms with E-state index in [0.717, 1.165) is 0 Å². The summed E-state index contributed by atoms with van der Waals surface area (Å²) < 4.78 is 0. The standard InChI is InChI=1S/C24H35N5O9/c1-3-12(2)20(23(36)28-17(24(37)38)10-13-4-6-14(30)7-5-13)29-22(35)16(8-9-19(32)33)27-21(34)15(25)11-18(26)31/h4-7,12,15-17,20,30H,3,8-11,25H2,1-2H3,(H2,26,31)(H,27,34)(H,28,36)(H,29,35)(H,32,33)(H,37,38). The second-order valence-electron chi connectivity index (χ2n) is 8.91. The Morgan fingerprint density at radius 3 is 1.97 bits per heavy atom. The number of carboxylic acid groups (broad SMARTS) is 2. The number of amides is 4. The molecule has 10 N–H and O–H groups in total. The van der Waals surface area contributed by atoms with E-state index in [-0.39, 0.29) is 18.6 Å². The fourth-order valence-electron chi connectivity index (χ4n) is 3.41. The summed E-state index contributed by atoms with van der Waals surface area (Å²) in [6, 6.07) is 0.385. The SMILES string of the molecule is CCC(C)C(NC(=O)C(CCC(=O)O)NC(=O)C(N)CC(N)=O)C(=O)NC(Cc1ccc(O)cc1)C(=O)O. The predicted molar refractivity (Wildman–Crippen MR) is 133 cm³/mol. The molecule has 4 amide bonds. The van der Waals surface area contributed by atoms with Crippen LogP contribution in [-0.2, 0) is 35.2 Å². The van der Waals surface area contributed by atoms with Crippen molar-refractivity contribution in [1.29, 1.82) is 0 Å². The molecule has 0 aromatic heterocycles. The van der Waals surface area contributed by atoms with Crippen LogP contribution >= 0.6 is 0 Å². The lowest BCUT2D eigenvalue weighted by Crippen LogP contribution is -2.59. The Labute approximate surface area is 219 Å². The molecule has 0 fully saturated rings.